The fourth-order valence-electron chi connectivity index (χ4n) is 5.32. The fraction of sp³-hybridized carbons (Fsp3) is 0.345. The van der Waals surface area contributed by atoms with E-state index in [9.17, 15) is 28.4 Å². The van der Waals surface area contributed by atoms with Crippen LogP contribution in [-0.4, -0.2) is 37.9 Å². The van der Waals surface area contributed by atoms with Gasteiger partial charge in [0.05, 0.1) is 22.7 Å². The highest BCUT2D eigenvalue weighted by Crippen LogP contribution is 2.50. The van der Waals surface area contributed by atoms with Crippen molar-refractivity contribution in [1.82, 2.24) is 20.1 Å². The molecule has 11 heteroatoms. The van der Waals surface area contributed by atoms with Gasteiger partial charge in [0.1, 0.15) is 11.9 Å². The third kappa shape index (κ3) is 4.70. The Morgan fingerprint density at radius 1 is 1.02 bits per heavy atom. The molecule has 2 aliphatic rings. The van der Waals surface area contributed by atoms with Gasteiger partial charge in [-0.05, 0) is 61.1 Å². The van der Waals surface area contributed by atoms with Crippen LogP contribution in [0.4, 0.5) is 8.78 Å². The SMILES string of the molecule is N#CC1(CC(=O)C2(NC(=O)c3cc4ccc(-c5ccc(-n6cn[nH]c6=O)cc5)cc4o3)CCC(F)(F)CC2)CC1. The van der Waals surface area contributed by atoms with Crippen LogP contribution >= 0.6 is 0 Å². The minimum atomic E-state index is -2.90. The molecule has 0 spiro atoms. The number of halogens is 2. The largest absolute Gasteiger partial charge is 0.451 e. The average molecular weight is 546 g/mol. The smallest absolute Gasteiger partial charge is 0.347 e. The van der Waals surface area contributed by atoms with E-state index in [-0.39, 0.29) is 36.5 Å². The van der Waals surface area contributed by atoms with Crippen LogP contribution in [0.1, 0.15) is 55.5 Å². The molecule has 2 aromatic heterocycles. The third-order valence-corrected chi connectivity index (χ3v) is 8.09. The Morgan fingerprint density at radius 2 is 1.73 bits per heavy atom. The lowest BCUT2D eigenvalue weighted by Gasteiger charge is -2.39. The molecule has 0 saturated heterocycles. The standard InChI is InChI=1S/C29H25F2N5O4/c30-29(31)11-9-28(10-12-29,24(37)15-27(16-32)7-8-27)34-25(38)23-14-20-2-1-19(13-22(20)40-23)18-3-5-21(6-4-18)36-17-33-35-26(36)39/h1-6,13-14,17H,7-12,15H2,(H,34,38)(H,35,39). The van der Waals surface area contributed by atoms with Crippen LogP contribution < -0.4 is 11.0 Å². The lowest BCUT2D eigenvalue weighted by Crippen LogP contribution is -2.58. The van der Waals surface area contributed by atoms with E-state index in [1.807, 2.05) is 18.2 Å². The highest BCUT2D eigenvalue weighted by molar-refractivity contribution is 6.01. The molecule has 4 aromatic rings. The molecule has 2 fully saturated rings. The van der Waals surface area contributed by atoms with E-state index in [4.69, 9.17) is 4.42 Å². The van der Waals surface area contributed by atoms with Crippen molar-refractivity contribution in [2.24, 2.45) is 5.41 Å². The molecule has 1 amide bonds. The van der Waals surface area contributed by atoms with Gasteiger partial charge in [-0.15, -0.1) is 0 Å². The summed E-state index contributed by atoms with van der Waals surface area (Å²) < 4.78 is 35.2. The number of hydrogen-bond acceptors (Lipinski definition) is 6. The van der Waals surface area contributed by atoms with E-state index in [1.165, 1.54) is 10.9 Å². The van der Waals surface area contributed by atoms with Gasteiger partial charge in [-0.25, -0.2) is 23.2 Å². The van der Waals surface area contributed by atoms with Crippen molar-refractivity contribution in [3.63, 3.8) is 0 Å². The molecule has 2 aromatic carbocycles. The van der Waals surface area contributed by atoms with Crippen LogP contribution in [0.5, 0.6) is 0 Å². The summed E-state index contributed by atoms with van der Waals surface area (Å²) in [5.74, 6) is -3.97. The second-order valence-corrected chi connectivity index (χ2v) is 10.8. The highest BCUT2D eigenvalue weighted by atomic mass is 19.3. The van der Waals surface area contributed by atoms with Gasteiger partial charge in [0.15, 0.2) is 11.5 Å². The number of furan rings is 1. The maximum Gasteiger partial charge on any atom is 0.347 e. The van der Waals surface area contributed by atoms with Crippen LogP contribution in [-0.2, 0) is 4.79 Å². The minimum absolute atomic E-state index is 0.0345. The molecule has 0 bridgehead atoms. The normalized spacial score (nSPS) is 18.6. The summed E-state index contributed by atoms with van der Waals surface area (Å²) in [4.78, 5) is 38.4. The molecule has 0 aliphatic heterocycles. The molecule has 9 nitrogen and oxygen atoms in total. The van der Waals surface area contributed by atoms with Gasteiger partial charge in [-0.1, -0.05) is 24.3 Å². The number of benzene rings is 2. The molecule has 2 heterocycles. The summed E-state index contributed by atoms with van der Waals surface area (Å²) in [6, 6.07) is 16.4. The maximum atomic E-state index is 14.0. The second kappa shape index (κ2) is 9.26. The van der Waals surface area contributed by atoms with Gasteiger partial charge in [0.25, 0.3) is 5.91 Å². The van der Waals surface area contributed by atoms with Crippen LogP contribution in [0.2, 0.25) is 0 Å². The summed E-state index contributed by atoms with van der Waals surface area (Å²) in [7, 11) is 0. The zero-order valence-corrected chi connectivity index (χ0v) is 21.4. The lowest BCUT2D eigenvalue weighted by molar-refractivity contribution is -0.131. The summed E-state index contributed by atoms with van der Waals surface area (Å²) in [5, 5.41) is 18.9. The van der Waals surface area contributed by atoms with E-state index < -0.39 is 35.6 Å². The first kappa shape index (κ1) is 25.7. The number of nitrogens with one attached hydrogen (secondary N) is 2. The monoisotopic (exact) mass is 545 g/mol. The Balaban J connectivity index is 1.24. The molecule has 0 atom stereocenters. The first-order valence-corrected chi connectivity index (χ1v) is 13.0. The van der Waals surface area contributed by atoms with Gasteiger partial charge in [-0.3, -0.25) is 9.59 Å². The van der Waals surface area contributed by atoms with E-state index in [0.717, 1.165) is 11.1 Å². The first-order valence-electron chi connectivity index (χ1n) is 13.0. The minimum Gasteiger partial charge on any atom is -0.451 e. The number of fused-ring (bicyclic) bond motifs is 1. The van der Waals surface area contributed by atoms with E-state index in [0.29, 0.717) is 29.5 Å². The van der Waals surface area contributed by atoms with Crippen molar-refractivity contribution in [3.8, 4) is 22.9 Å². The van der Waals surface area contributed by atoms with Crippen molar-refractivity contribution in [3.05, 3.63) is 71.1 Å². The van der Waals surface area contributed by atoms with E-state index >= 15 is 0 Å². The molecule has 6 rings (SSSR count). The summed E-state index contributed by atoms with van der Waals surface area (Å²) >= 11 is 0. The molecule has 204 valence electrons. The molecule has 2 aliphatic carbocycles. The number of H-pyrrole nitrogens is 1. The van der Waals surface area contributed by atoms with Crippen molar-refractivity contribution in [2.45, 2.75) is 56.4 Å². The highest BCUT2D eigenvalue weighted by Gasteiger charge is 2.53. The van der Waals surface area contributed by atoms with Crippen LogP contribution in [0.25, 0.3) is 27.8 Å². The van der Waals surface area contributed by atoms with E-state index in [2.05, 4.69) is 21.6 Å². The number of hydrogen-bond donors (Lipinski definition) is 2. The maximum absolute atomic E-state index is 14.0. The number of alkyl halides is 2. The Bertz CT molecular complexity index is 1710. The van der Waals surface area contributed by atoms with E-state index in [1.54, 1.807) is 30.3 Å². The predicted molar refractivity (Wildman–Crippen MR) is 140 cm³/mol. The number of Topliss-reactive ketones (excluding diaryl/α,β-unsaturated/α-hetero) is 1. The number of nitriles is 1. The van der Waals surface area contributed by atoms with Crippen molar-refractivity contribution >= 4 is 22.7 Å². The fourth-order valence-corrected chi connectivity index (χ4v) is 5.32. The van der Waals surface area contributed by atoms with Crippen molar-refractivity contribution in [2.75, 3.05) is 0 Å². The molecule has 2 N–H and O–H groups in total. The number of aromatic amines is 1. The predicted octanol–water partition coefficient (Wildman–Crippen LogP) is 4.91. The lowest BCUT2D eigenvalue weighted by atomic mass is 9.74. The van der Waals surface area contributed by atoms with Crippen molar-refractivity contribution in [1.29, 1.82) is 5.26 Å². The van der Waals surface area contributed by atoms with Crippen LogP contribution in [0.15, 0.2) is 64.1 Å². The third-order valence-electron chi connectivity index (χ3n) is 8.09. The number of ketones is 1. The van der Waals surface area contributed by atoms with Crippen LogP contribution in [0.3, 0.4) is 0 Å². The molecular formula is C29H25F2N5O4. The topological polar surface area (TPSA) is 134 Å². The summed E-state index contributed by atoms with van der Waals surface area (Å²) in [5.41, 5.74) is 0.182. The first-order chi connectivity index (χ1) is 19.1. The van der Waals surface area contributed by atoms with Gasteiger partial charge < -0.3 is 9.73 Å². The van der Waals surface area contributed by atoms with Gasteiger partial charge >= 0.3 is 5.69 Å². The second-order valence-electron chi connectivity index (χ2n) is 10.8. The number of aromatic nitrogens is 3. The Labute approximate surface area is 226 Å². The number of carbonyl (C=O) groups is 2. The number of nitrogens with zero attached hydrogens (tertiary/aromatic N) is 3. The zero-order chi connectivity index (χ0) is 28.1. The Kier molecular flexibility index (Phi) is 5.94. The number of amides is 1. The van der Waals surface area contributed by atoms with Crippen LogP contribution in [0, 0.1) is 16.7 Å². The molecular weight excluding hydrogens is 520 g/mol. The summed E-state index contributed by atoms with van der Waals surface area (Å²) in [6.45, 7) is 0. The Morgan fingerprint density at radius 3 is 2.35 bits per heavy atom. The Hall–Kier alpha value is -4.59. The molecule has 40 heavy (non-hydrogen) atoms. The van der Waals surface area contributed by atoms with Crippen molar-refractivity contribution < 1.29 is 22.8 Å². The molecule has 2 saturated carbocycles. The average Bonchev–Trinajstić information content (AvgIpc) is 3.36. The number of rotatable bonds is 7. The molecule has 0 unspecified atom stereocenters. The van der Waals surface area contributed by atoms with Gasteiger partial charge in [-0.2, -0.15) is 10.4 Å². The number of carbonyl (C=O) groups excluding carboxylic acids is 2. The van der Waals surface area contributed by atoms with Gasteiger partial charge in [0.2, 0.25) is 5.92 Å². The zero-order valence-electron chi connectivity index (χ0n) is 21.4. The summed E-state index contributed by atoms with van der Waals surface area (Å²) in [6.07, 6.45) is 1.08. The molecule has 0 radical (unpaired) electrons. The van der Waals surface area contributed by atoms with Gasteiger partial charge in [0, 0.05) is 24.6 Å². The quantitative estimate of drug-likeness (QED) is 0.339.